The van der Waals surface area contributed by atoms with Gasteiger partial charge in [0.05, 0.1) is 0 Å². The van der Waals surface area contributed by atoms with Crippen molar-refractivity contribution >= 4 is 0 Å². The van der Waals surface area contributed by atoms with Crippen LogP contribution in [0.1, 0.15) is 30.9 Å². The monoisotopic (exact) mass is 260 g/mol. The van der Waals surface area contributed by atoms with Crippen LogP contribution in [0.2, 0.25) is 0 Å². The lowest BCUT2D eigenvalue weighted by Crippen LogP contribution is -2.34. The molecule has 2 heterocycles. The van der Waals surface area contributed by atoms with Crippen LogP contribution in [0.4, 0.5) is 0 Å². The number of benzene rings is 1. The van der Waals surface area contributed by atoms with E-state index in [2.05, 4.69) is 35.3 Å². The minimum absolute atomic E-state index is 0.609. The highest BCUT2D eigenvalue weighted by Gasteiger charge is 2.24. The first-order valence-electron chi connectivity index (χ1n) is 7.57. The van der Waals surface area contributed by atoms with Gasteiger partial charge in [-0.2, -0.15) is 0 Å². The van der Waals surface area contributed by atoms with Gasteiger partial charge in [0.1, 0.15) is 12.4 Å². The van der Waals surface area contributed by atoms with E-state index in [9.17, 15) is 0 Å². The molecule has 1 saturated heterocycles. The highest BCUT2D eigenvalue weighted by atomic mass is 16.5. The van der Waals surface area contributed by atoms with Gasteiger partial charge in [0, 0.05) is 18.2 Å². The lowest BCUT2D eigenvalue weighted by molar-refractivity contribution is 0.177. The van der Waals surface area contributed by atoms with E-state index in [0.29, 0.717) is 6.04 Å². The van der Waals surface area contributed by atoms with Gasteiger partial charge in [0.25, 0.3) is 0 Å². The Kier molecular flexibility index (Phi) is 4.04. The van der Waals surface area contributed by atoms with Crippen molar-refractivity contribution in [3.63, 3.8) is 0 Å². The molecule has 0 radical (unpaired) electrons. The third kappa shape index (κ3) is 2.77. The Morgan fingerprint density at radius 2 is 2.37 bits per heavy atom. The molecule has 0 aliphatic carbocycles. The fourth-order valence-electron chi connectivity index (χ4n) is 3.30. The van der Waals surface area contributed by atoms with Crippen LogP contribution in [-0.4, -0.2) is 37.2 Å². The summed E-state index contributed by atoms with van der Waals surface area (Å²) >= 11 is 0. The first-order valence-corrected chi connectivity index (χ1v) is 7.57. The number of ether oxygens (including phenoxy) is 1. The van der Waals surface area contributed by atoms with Gasteiger partial charge in [-0.25, -0.2) is 0 Å². The summed E-state index contributed by atoms with van der Waals surface area (Å²) in [4.78, 5) is 2.54. The highest BCUT2D eigenvalue weighted by Crippen LogP contribution is 2.26. The Morgan fingerprint density at radius 1 is 1.42 bits per heavy atom. The standard InChI is InChI=1S/C16H24N2O/c1-2-18-10-4-6-14(18)12-19-16-7-3-5-13-8-9-17-11-15(13)16/h3,5,7,14,17H,2,4,6,8-12H2,1H3. The van der Waals surface area contributed by atoms with Crippen LogP contribution in [-0.2, 0) is 13.0 Å². The Morgan fingerprint density at radius 3 is 3.26 bits per heavy atom. The van der Waals surface area contributed by atoms with E-state index >= 15 is 0 Å². The van der Waals surface area contributed by atoms with Gasteiger partial charge in [0.2, 0.25) is 0 Å². The number of likely N-dealkylation sites (N-methyl/N-ethyl adjacent to an activating group) is 1. The second kappa shape index (κ2) is 5.93. The normalized spacial score (nSPS) is 23.3. The van der Waals surface area contributed by atoms with E-state index in [0.717, 1.165) is 38.4 Å². The topological polar surface area (TPSA) is 24.5 Å². The Labute approximate surface area is 115 Å². The third-order valence-electron chi connectivity index (χ3n) is 4.44. The van der Waals surface area contributed by atoms with Crippen molar-refractivity contribution < 1.29 is 4.74 Å². The molecule has 3 nitrogen and oxygen atoms in total. The van der Waals surface area contributed by atoms with Crippen LogP contribution in [0.25, 0.3) is 0 Å². The highest BCUT2D eigenvalue weighted by molar-refractivity contribution is 5.41. The minimum atomic E-state index is 0.609. The maximum Gasteiger partial charge on any atom is 0.124 e. The molecular weight excluding hydrogens is 236 g/mol. The van der Waals surface area contributed by atoms with Gasteiger partial charge in [-0.05, 0) is 50.5 Å². The molecule has 3 heteroatoms. The summed E-state index contributed by atoms with van der Waals surface area (Å²) in [5.74, 6) is 1.09. The first-order chi connectivity index (χ1) is 9.38. The third-order valence-corrected chi connectivity index (χ3v) is 4.44. The zero-order chi connectivity index (χ0) is 13.1. The molecule has 1 atom stereocenters. The van der Waals surface area contributed by atoms with Crippen molar-refractivity contribution in [1.29, 1.82) is 0 Å². The number of nitrogens with one attached hydrogen (secondary N) is 1. The summed E-state index contributed by atoms with van der Waals surface area (Å²) in [5, 5.41) is 3.44. The molecule has 2 aliphatic heterocycles. The fraction of sp³-hybridized carbons (Fsp3) is 0.625. The number of hydrogen-bond acceptors (Lipinski definition) is 3. The van der Waals surface area contributed by atoms with Crippen molar-refractivity contribution in [2.75, 3.05) is 26.2 Å². The molecule has 19 heavy (non-hydrogen) atoms. The quantitative estimate of drug-likeness (QED) is 0.898. The molecule has 2 aliphatic rings. The van der Waals surface area contributed by atoms with Crippen molar-refractivity contribution in [2.24, 2.45) is 0 Å². The van der Waals surface area contributed by atoms with Gasteiger partial charge in [-0.15, -0.1) is 0 Å². The zero-order valence-electron chi connectivity index (χ0n) is 11.8. The van der Waals surface area contributed by atoms with E-state index in [1.54, 1.807) is 0 Å². The van der Waals surface area contributed by atoms with E-state index in [1.165, 1.54) is 30.5 Å². The summed E-state index contributed by atoms with van der Waals surface area (Å²) in [7, 11) is 0. The second-order valence-electron chi connectivity index (χ2n) is 5.56. The van der Waals surface area contributed by atoms with E-state index in [1.807, 2.05) is 0 Å². The van der Waals surface area contributed by atoms with Crippen LogP contribution in [0.3, 0.4) is 0 Å². The predicted octanol–water partition coefficient (Wildman–Crippen LogP) is 2.20. The molecular formula is C16H24N2O. The van der Waals surface area contributed by atoms with Crippen LogP contribution in [0.15, 0.2) is 18.2 Å². The van der Waals surface area contributed by atoms with Crippen molar-refractivity contribution in [2.45, 2.75) is 38.8 Å². The molecule has 1 unspecified atom stereocenters. The minimum Gasteiger partial charge on any atom is -0.492 e. The number of hydrogen-bond donors (Lipinski definition) is 1. The van der Waals surface area contributed by atoms with Crippen LogP contribution in [0, 0.1) is 0 Å². The smallest absolute Gasteiger partial charge is 0.124 e. The van der Waals surface area contributed by atoms with Crippen LogP contribution >= 0.6 is 0 Å². The molecule has 1 aromatic carbocycles. The molecule has 1 aromatic rings. The molecule has 0 spiro atoms. The fourth-order valence-corrected chi connectivity index (χ4v) is 3.30. The van der Waals surface area contributed by atoms with Crippen LogP contribution in [0.5, 0.6) is 5.75 Å². The second-order valence-corrected chi connectivity index (χ2v) is 5.56. The van der Waals surface area contributed by atoms with Crippen molar-refractivity contribution in [1.82, 2.24) is 10.2 Å². The van der Waals surface area contributed by atoms with Gasteiger partial charge in [0.15, 0.2) is 0 Å². The Balaban J connectivity index is 1.67. The molecule has 0 amide bonds. The zero-order valence-corrected chi connectivity index (χ0v) is 11.8. The molecule has 1 N–H and O–H groups in total. The molecule has 0 bridgehead atoms. The number of rotatable bonds is 4. The summed E-state index contributed by atoms with van der Waals surface area (Å²) < 4.78 is 6.14. The number of likely N-dealkylation sites (tertiary alicyclic amines) is 1. The Bertz CT molecular complexity index is 433. The molecule has 104 valence electrons. The average molecular weight is 260 g/mol. The SMILES string of the molecule is CCN1CCCC1COc1cccc2c1CNCC2. The number of nitrogens with zero attached hydrogens (tertiary/aromatic N) is 1. The largest absolute Gasteiger partial charge is 0.492 e. The van der Waals surface area contributed by atoms with E-state index < -0.39 is 0 Å². The summed E-state index contributed by atoms with van der Waals surface area (Å²) in [5.41, 5.74) is 2.82. The van der Waals surface area contributed by atoms with Gasteiger partial charge < -0.3 is 10.1 Å². The van der Waals surface area contributed by atoms with E-state index in [-0.39, 0.29) is 0 Å². The lowest BCUT2D eigenvalue weighted by atomic mass is 10.0. The molecule has 1 fully saturated rings. The van der Waals surface area contributed by atoms with Crippen molar-refractivity contribution in [3.8, 4) is 5.75 Å². The molecule has 3 rings (SSSR count). The molecule has 0 aromatic heterocycles. The van der Waals surface area contributed by atoms with E-state index in [4.69, 9.17) is 4.74 Å². The summed E-state index contributed by atoms with van der Waals surface area (Å²) in [6.07, 6.45) is 3.72. The summed E-state index contributed by atoms with van der Waals surface area (Å²) in [6.45, 7) is 7.49. The van der Waals surface area contributed by atoms with Crippen LogP contribution < -0.4 is 10.1 Å². The van der Waals surface area contributed by atoms with Gasteiger partial charge in [-0.3, -0.25) is 4.90 Å². The number of fused-ring (bicyclic) bond motifs is 1. The lowest BCUT2D eigenvalue weighted by Gasteiger charge is -2.25. The summed E-state index contributed by atoms with van der Waals surface area (Å²) in [6, 6.07) is 7.09. The van der Waals surface area contributed by atoms with Crippen molar-refractivity contribution in [3.05, 3.63) is 29.3 Å². The predicted molar refractivity (Wildman–Crippen MR) is 77.6 cm³/mol. The molecule has 0 saturated carbocycles. The maximum atomic E-state index is 6.14. The van der Waals surface area contributed by atoms with Gasteiger partial charge >= 0.3 is 0 Å². The average Bonchev–Trinajstić information content (AvgIpc) is 2.92. The maximum absolute atomic E-state index is 6.14. The Hall–Kier alpha value is -1.06. The first kappa shape index (κ1) is 12.9. The van der Waals surface area contributed by atoms with Gasteiger partial charge in [-0.1, -0.05) is 19.1 Å².